The zero-order valence-corrected chi connectivity index (χ0v) is 16.6. The Kier molecular flexibility index (Phi) is 5.46. The molecule has 1 saturated heterocycles. The summed E-state index contributed by atoms with van der Waals surface area (Å²) in [7, 11) is 1.50. The summed E-state index contributed by atoms with van der Waals surface area (Å²) in [5, 5.41) is 11.6. The molecule has 3 rings (SSSR count). The fraction of sp³-hybridized carbons (Fsp3) is 0.526. The quantitative estimate of drug-likeness (QED) is 0.799. The van der Waals surface area contributed by atoms with E-state index in [-0.39, 0.29) is 31.2 Å². The number of nitrogens with one attached hydrogen (secondary N) is 1. The van der Waals surface area contributed by atoms with E-state index in [4.69, 9.17) is 14.6 Å². The Morgan fingerprint density at radius 3 is 2.79 bits per heavy atom. The van der Waals surface area contributed by atoms with Gasteiger partial charge in [-0.05, 0) is 32.9 Å². The van der Waals surface area contributed by atoms with Crippen LogP contribution in [-0.2, 0) is 9.53 Å². The van der Waals surface area contributed by atoms with Gasteiger partial charge in [-0.3, -0.25) is 14.7 Å². The van der Waals surface area contributed by atoms with Gasteiger partial charge in [-0.2, -0.15) is 0 Å². The number of amidine groups is 1. The Morgan fingerprint density at radius 1 is 1.39 bits per heavy atom. The number of carbonyl (C=O) groups is 2. The van der Waals surface area contributed by atoms with Crippen LogP contribution in [-0.4, -0.2) is 67.9 Å². The molecule has 1 atom stereocenters. The summed E-state index contributed by atoms with van der Waals surface area (Å²) in [5.41, 5.74) is 1.17. The Labute approximate surface area is 163 Å². The first-order chi connectivity index (χ1) is 13.3. The molecule has 2 N–H and O–H groups in total. The van der Waals surface area contributed by atoms with E-state index in [1.54, 1.807) is 12.1 Å². The molecule has 2 heterocycles. The SMILES string of the molecule is CNC(=O)[C@H]1CN(c2ccc3c(c2)OCC(=NCCO)N3C(C)(C)C)C(=O)O1. The summed E-state index contributed by atoms with van der Waals surface area (Å²) in [4.78, 5) is 31.9. The summed E-state index contributed by atoms with van der Waals surface area (Å²) < 4.78 is 11.0. The average molecular weight is 390 g/mol. The summed E-state index contributed by atoms with van der Waals surface area (Å²) in [5.74, 6) is 1.02. The first kappa shape index (κ1) is 19.9. The first-order valence-electron chi connectivity index (χ1n) is 9.17. The molecule has 0 aromatic heterocycles. The Balaban J connectivity index is 1.92. The molecule has 0 saturated carbocycles. The van der Waals surface area contributed by atoms with Crippen molar-refractivity contribution in [3.8, 4) is 5.75 Å². The number of hydrogen-bond donors (Lipinski definition) is 2. The highest BCUT2D eigenvalue weighted by Crippen LogP contribution is 2.40. The second-order valence-electron chi connectivity index (χ2n) is 7.57. The highest BCUT2D eigenvalue weighted by atomic mass is 16.6. The van der Waals surface area contributed by atoms with Crippen LogP contribution >= 0.6 is 0 Å². The number of aliphatic hydroxyl groups excluding tert-OH is 1. The van der Waals surface area contributed by atoms with Crippen molar-refractivity contribution < 1.29 is 24.2 Å². The van der Waals surface area contributed by atoms with Crippen LogP contribution in [0.4, 0.5) is 16.2 Å². The molecular weight excluding hydrogens is 364 g/mol. The van der Waals surface area contributed by atoms with Crippen molar-refractivity contribution >= 4 is 29.2 Å². The zero-order valence-electron chi connectivity index (χ0n) is 16.6. The van der Waals surface area contributed by atoms with Crippen LogP contribution in [0.2, 0.25) is 0 Å². The molecule has 1 aromatic carbocycles. The first-order valence-corrected chi connectivity index (χ1v) is 9.17. The third-order valence-electron chi connectivity index (χ3n) is 4.53. The summed E-state index contributed by atoms with van der Waals surface area (Å²) in [6.45, 7) is 6.88. The fourth-order valence-corrected chi connectivity index (χ4v) is 3.33. The largest absolute Gasteiger partial charge is 0.483 e. The second kappa shape index (κ2) is 7.67. The monoisotopic (exact) mass is 390 g/mol. The number of cyclic esters (lactones) is 1. The van der Waals surface area contributed by atoms with Crippen LogP contribution in [0, 0.1) is 0 Å². The standard InChI is InChI=1S/C19H26N4O5/c1-19(2,3)23-13-6-5-12(9-14(13)27-11-16(23)21-7-8-24)22-10-15(17(25)20-4)28-18(22)26/h5-6,9,15,24H,7-8,10-11H2,1-4H3,(H,20,25)/t15-/m1/s1. The Morgan fingerprint density at radius 2 is 2.14 bits per heavy atom. The van der Waals surface area contributed by atoms with Crippen molar-refractivity contribution in [1.29, 1.82) is 0 Å². The highest BCUT2D eigenvalue weighted by molar-refractivity contribution is 6.03. The number of nitrogens with zero attached hydrogens (tertiary/aromatic N) is 3. The number of likely N-dealkylation sites (N-methyl/N-ethyl adjacent to an activating group) is 1. The number of benzene rings is 1. The van der Waals surface area contributed by atoms with E-state index in [1.807, 2.05) is 6.07 Å². The molecule has 0 radical (unpaired) electrons. The summed E-state index contributed by atoms with van der Waals surface area (Å²) in [6, 6.07) is 5.43. The Hall–Kier alpha value is -2.81. The molecule has 152 valence electrons. The molecule has 2 aliphatic heterocycles. The van der Waals surface area contributed by atoms with Gasteiger partial charge in [0.05, 0.1) is 31.1 Å². The van der Waals surface area contributed by atoms with Gasteiger partial charge in [0.15, 0.2) is 6.10 Å². The predicted molar refractivity (Wildman–Crippen MR) is 105 cm³/mol. The molecule has 0 bridgehead atoms. The summed E-state index contributed by atoms with van der Waals surface area (Å²) in [6.07, 6.45) is -1.40. The maximum Gasteiger partial charge on any atom is 0.415 e. The number of fused-ring (bicyclic) bond motifs is 1. The molecule has 28 heavy (non-hydrogen) atoms. The average Bonchev–Trinajstić information content (AvgIpc) is 3.05. The number of carbonyl (C=O) groups excluding carboxylic acids is 2. The number of aliphatic imine (C=N–C) groups is 1. The highest BCUT2D eigenvalue weighted by Gasteiger charge is 2.38. The van der Waals surface area contributed by atoms with Crippen LogP contribution in [0.15, 0.2) is 23.2 Å². The van der Waals surface area contributed by atoms with E-state index in [1.165, 1.54) is 11.9 Å². The maximum atomic E-state index is 12.2. The number of amides is 2. The van der Waals surface area contributed by atoms with E-state index >= 15 is 0 Å². The molecule has 9 nitrogen and oxygen atoms in total. The van der Waals surface area contributed by atoms with Crippen molar-refractivity contribution in [3.63, 3.8) is 0 Å². The van der Waals surface area contributed by atoms with Crippen molar-refractivity contribution in [3.05, 3.63) is 18.2 Å². The minimum Gasteiger partial charge on any atom is -0.483 e. The minimum atomic E-state index is -0.835. The number of rotatable bonds is 4. The third-order valence-corrected chi connectivity index (χ3v) is 4.53. The molecule has 2 amide bonds. The Bertz CT molecular complexity index is 802. The topological polar surface area (TPSA) is 104 Å². The van der Waals surface area contributed by atoms with Crippen LogP contribution in [0.1, 0.15) is 20.8 Å². The minimum absolute atomic E-state index is 0.0309. The van der Waals surface area contributed by atoms with Gasteiger partial charge in [0.1, 0.15) is 18.2 Å². The molecular formula is C19H26N4O5. The third kappa shape index (κ3) is 3.75. The van der Waals surface area contributed by atoms with Gasteiger partial charge in [-0.25, -0.2) is 4.79 Å². The molecule has 1 aromatic rings. The van der Waals surface area contributed by atoms with Gasteiger partial charge in [0, 0.05) is 18.7 Å². The van der Waals surface area contributed by atoms with Gasteiger partial charge < -0.3 is 24.8 Å². The van der Waals surface area contributed by atoms with Gasteiger partial charge >= 0.3 is 6.09 Å². The smallest absolute Gasteiger partial charge is 0.415 e. The lowest BCUT2D eigenvalue weighted by molar-refractivity contribution is -0.127. The lowest BCUT2D eigenvalue weighted by Crippen LogP contribution is -2.50. The normalized spacial score (nSPS) is 20.7. The van der Waals surface area contributed by atoms with Crippen molar-refractivity contribution in [2.45, 2.75) is 32.4 Å². The predicted octanol–water partition coefficient (Wildman–Crippen LogP) is 1.15. The van der Waals surface area contributed by atoms with Gasteiger partial charge in [0.2, 0.25) is 0 Å². The number of anilines is 2. The maximum absolute atomic E-state index is 12.2. The van der Waals surface area contributed by atoms with Gasteiger partial charge in [-0.15, -0.1) is 0 Å². The molecule has 0 unspecified atom stereocenters. The van der Waals surface area contributed by atoms with Crippen LogP contribution in [0.3, 0.4) is 0 Å². The van der Waals surface area contributed by atoms with E-state index in [9.17, 15) is 9.59 Å². The molecule has 2 aliphatic rings. The van der Waals surface area contributed by atoms with Gasteiger partial charge in [-0.1, -0.05) is 0 Å². The van der Waals surface area contributed by atoms with Crippen molar-refractivity contribution in [1.82, 2.24) is 5.32 Å². The number of hydrogen-bond acceptors (Lipinski definition) is 6. The van der Waals surface area contributed by atoms with Crippen LogP contribution in [0.5, 0.6) is 5.75 Å². The number of aliphatic hydroxyl groups is 1. The van der Waals surface area contributed by atoms with E-state index in [0.717, 1.165) is 11.5 Å². The van der Waals surface area contributed by atoms with Crippen LogP contribution in [0.25, 0.3) is 0 Å². The van der Waals surface area contributed by atoms with Gasteiger partial charge in [0.25, 0.3) is 5.91 Å². The molecule has 9 heteroatoms. The van der Waals surface area contributed by atoms with Crippen molar-refractivity contribution in [2.75, 3.05) is 43.2 Å². The lowest BCUT2D eigenvalue weighted by Gasteiger charge is -2.42. The van der Waals surface area contributed by atoms with Crippen molar-refractivity contribution in [2.24, 2.45) is 4.99 Å². The number of ether oxygens (including phenoxy) is 2. The van der Waals surface area contributed by atoms with E-state index in [2.05, 4.69) is 36.0 Å². The van der Waals surface area contributed by atoms with Crippen LogP contribution < -0.4 is 19.9 Å². The second-order valence-corrected chi connectivity index (χ2v) is 7.57. The molecule has 0 spiro atoms. The van der Waals surface area contributed by atoms with E-state index < -0.39 is 12.2 Å². The molecule has 0 aliphatic carbocycles. The fourth-order valence-electron chi connectivity index (χ4n) is 3.33. The summed E-state index contributed by atoms with van der Waals surface area (Å²) >= 11 is 0. The van der Waals surface area contributed by atoms with E-state index in [0.29, 0.717) is 18.0 Å². The molecule has 1 fully saturated rings. The lowest BCUT2D eigenvalue weighted by atomic mass is 10.0. The zero-order chi connectivity index (χ0) is 20.5.